The van der Waals surface area contributed by atoms with Gasteiger partial charge in [0.15, 0.2) is 0 Å². The molecule has 0 radical (unpaired) electrons. The summed E-state index contributed by atoms with van der Waals surface area (Å²) in [5, 5.41) is 3.50. The third kappa shape index (κ3) is 3.92. The number of hydrogen-bond acceptors (Lipinski definition) is 4. The van der Waals surface area contributed by atoms with Crippen LogP contribution in [0.25, 0.3) is 0 Å². The van der Waals surface area contributed by atoms with Crippen LogP contribution >= 0.6 is 0 Å². The zero-order chi connectivity index (χ0) is 21.1. The van der Waals surface area contributed by atoms with Gasteiger partial charge in [0.05, 0.1) is 0 Å². The van der Waals surface area contributed by atoms with Crippen LogP contribution in [0.1, 0.15) is 52.7 Å². The number of anilines is 1. The van der Waals surface area contributed by atoms with Crippen molar-refractivity contribution in [1.29, 1.82) is 0 Å². The smallest absolute Gasteiger partial charge is 0.256 e. The Morgan fingerprint density at radius 3 is 2.53 bits per heavy atom. The molecule has 6 nitrogen and oxygen atoms in total. The van der Waals surface area contributed by atoms with Gasteiger partial charge in [-0.1, -0.05) is 38.1 Å². The molecule has 1 unspecified atom stereocenters. The minimum atomic E-state index is -0.216. The molecule has 30 heavy (non-hydrogen) atoms. The molecule has 0 spiro atoms. The molecular formula is C24H30N4O2. The first kappa shape index (κ1) is 20.4. The van der Waals surface area contributed by atoms with E-state index in [9.17, 15) is 9.59 Å². The zero-order valence-electron chi connectivity index (χ0n) is 17.8. The molecule has 2 aliphatic heterocycles. The highest BCUT2D eigenvalue weighted by atomic mass is 16.2. The van der Waals surface area contributed by atoms with Gasteiger partial charge in [-0.3, -0.25) is 9.59 Å². The third-order valence-corrected chi connectivity index (χ3v) is 6.04. The van der Waals surface area contributed by atoms with E-state index < -0.39 is 0 Å². The lowest BCUT2D eigenvalue weighted by Crippen LogP contribution is -2.48. The van der Waals surface area contributed by atoms with Gasteiger partial charge in [-0.25, -0.2) is 0 Å². The van der Waals surface area contributed by atoms with Crippen molar-refractivity contribution in [3.63, 3.8) is 0 Å². The lowest BCUT2D eigenvalue weighted by molar-refractivity contribution is 0.0642. The monoisotopic (exact) mass is 406 g/mol. The Balaban J connectivity index is 1.53. The second-order valence-electron chi connectivity index (χ2n) is 7.94. The van der Waals surface area contributed by atoms with E-state index >= 15 is 0 Å². The highest BCUT2D eigenvalue weighted by Crippen LogP contribution is 2.34. The summed E-state index contributed by atoms with van der Waals surface area (Å²) in [4.78, 5) is 32.0. The van der Waals surface area contributed by atoms with Crippen molar-refractivity contribution in [1.82, 2.24) is 14.7 Å². The highest BCUT2D eigenvalue weighted by molar-refractivity contribution is 5.99. The maximum atomic E-state index is 13.0. The molecule has 2 aliphatic rings. The van der Waals surface area contributed by atoms with Crippen LogP contribution in [0.4, 0.5) is 5.69 Å². The molecule has 2 aromatic rings. The SMILES string of the molecule is CCCN1C(=O)c2ccccc2C1Nc1cccc(C(=O)N2CCN(CC)CC2)c1. The van der Waals surface area contributed by atoms with Crippen LogP contribution in [0.3, 0.4) is 0 Å². The number of nitrogens with one attached hydrogen (secondary N) is 1. The molecule has 1 saturated heterocycles. The van der Waals surface area contributed by atoms with Gasteiger partial charge in [0.2, 0.25) is 0 Å². The summed E-state index contributed by atoms with van der Waals surface area (Å²) < 4.78 is 0. The summed E-state index contributed by atoms with van der Waals surface area (Å²) in [6.07, 6.45) is 0.673. The average molecular weight is 407 g/mol. The molecule has 0 aliphatic carbocycles. The maximum absolute atomic E-state index is 13.0. The van der Waals surface area contributed by atoms with Crippen molar-refractivity contribution in [3.8, 4) is 0 Å². The third-order valence-electron chi connectivity index (χ3n) is 6.04. The van der Waals surface area contributed by atoms with E-state index in [0.29, 0.717) is 12.1 Å². The van der Waals surface area contributed by atoms with Gasteiger partial charge in [-0.15, -0.1) is 0 Å². The Bertz CT molecular complexity index is 921. The topological polar surface area (TPSA) is 55.9 Å². The van der Waals surface area contributed by atoms with E-state index in [1.54, 1.807) is 0 Å². The van der Waals surface area contributed by atoms with E-state index in [4.69, 9.17) is 0 Å². The van der Waals surface area contributed by atoms with Crippen molar-refractivity contribution in [2.45, 2.75) is 26.4 Å². The predicted molar refractivity (Wildman–Crippen MR) is 119 cm³/mol. The number of fused-ring (bicyclic) bond motifs is 1. The molecule has 0 saturated carbocycles. The number of hydrogen-bond donors (Lipinski definition) is 1. The molecular weight excluding hydrogens is 376 g/mol. The van der Waals surface area contributed by atoms with Crippen molar-refractivity contribution in [2.75, 3.05) is 44.6 Å². The van der Waals surface area contributed by atoms with Gasteiger partial charge in [-0.2, -0.15) is 0 Å². The Kier molecular flexibility index (Phi) is 6.04. The molecule has 4 rings (SSSR count). The lowest BCUT2D eigenvalue weighted by atomic mass is 10.1. The quantitative estimate of drug-likeness (QED) is 0.799. The molecule has 158 valence electrons. The summed E-state index contributed by atoms with van der Waals surface area (Å²) >= 11 is 0. The molecule has 2 amide bonds. The van der Waals surface area contributed by atoms with Crippen LogP contribution in [-0.2, 0) is 0 Å². The predicted octanol–water partition coefficient (Wildman–Crippen LogP) is 3.44. The van der Waals surface area contributed by atoms with Crippen LogP contribution in [0.5, 0.6) is 0 Å². The Labute approximate surface area is 178 Å². The van der Waals surface area contributed by atoms with Crippen LogP contribution < -0.4 is 5.32 Å². The van der Waals surface area contributed by atoms with E-state index in [2.05, 4.69) is 24.1 Å². The van der Waals surface area contributed by atoms with Crippen molar-refractivity contribution in [2.24, 2.45) is 0 Å². The number of carbonyl (C=O) groups is 2. The van der Waals surface area contributed by atoms with Crippen LogP contribution in [0, 0.1) is 0 Å². The number of amides is 2. The van der Waals surface area contributed by atoms with Gasteiger partial charge in [0, 0.05) is 55.1 Å². The second kappa shape index (κ2) is 8.88. The first-order chi connectivity index (χ1) is 14.6. The number of nitrogens with zero attached hydrogens (tertiary/aromatic N) is 3. The number of carbonyl (C=O) groups excluding carboxylic acids is 2. The molecule has 0 bridgehead atoms. The van der Waals surface area contributed by atoms with Gasteiger partial charge in [0.1, 0.15) is 6.17 Å². The molecule has 1 N–H and O–H groups in total. The normalized spacial score (nSPS) is 19.1. The van der Waals surface area contributed by atoms with E-state index in [-0.39, 0.29) is 18.0 Å². The van der Waals surface area contributed by atoms with Crippen molar-refractivity contribution < 1.29 is 9.59 Å². The molecule has 2 heterocycles. The molecule has 1 atom stereocenters. The number of rotatable bonds is 6. The lowest BCUT2D eigenvalue weighted by Gasteiger charge is -2.34. The fraction of sp³-hybridized carbons (Fsp3) is 0.417. The molecule has 6 heteroatoms. The highest BCUT2D eigenvalue weighted by Gasteiger charge is 2.35. The fourth-order valence-corrected chi connectivity index (χ4v) is 4.35. The van der Waals surface area contributed by atoms with Gasteiger partial charge >= 0.3 is 0 Å². The van der Waals surface area contributed by atoms with Crippen molar-refractivity contribution in [3.05, 3.63) is 65.2 Å². The summed E-state index contributed by atoms with van der Waals surface area (Å²) in [7, 11) is 0. The number of benzene rings is 2. The number of piperazine rings is 1. The largest absolute Gasteiger partial charge is 0.361 e. The van der Waals surface area contributed by atoms with Gasteiger partial charge < -0.3 is 20.0 Å². The minimum absolute atomic E-state index is 0.0611. The first-order valence-electron chi connectivity index (χ1n) is 10.9. The molecule has 0 aromatic heterocycles. The first-order valence-corrected chi connectivity index (χ1v) is 10.9. The summed E-state index contributed by atoms with van der Waals surface area (Å²) in [6, 6.07) is 15.4. The standard InChI is InChI=1S/C24H30N4O2/c1-3-12-28-22(20-10-5-6-11-21(20)24(28)30)25-19-9-7-8-18(17-19)23(29)27-15-13-26(4-2)14-16-27/h5-11,17,22,25H,3-4,12-16H2,1-2H3. The van der Waals surface area contributed by atoms with E-state index in [1.807, 2.05) is 58.3 Å². The van der Waals surface area contributed by atoms with Crippen molar-refractivity contribution >= 4 is 17.5 Å². The van der Waals surface area contributed by atoms with Crippen LogP contribution in [-0.4, -0.2) is 65.8 Å². The number of likely N-dealkylation sites (N-methyl/N-ethyl adjacent to an activating group) is 1. The second-order valence-corrected chi connectivity index (χ2v) is 7.94. The molecule has 1 fully saturated rings. The van der Waals surface area contributed by atoms with Gasteiger partial charge in [0.25, 0.3) is 11.8 Å². The Hall–Kier alpha value is -2.86. The maximum Gasteiger partial charge on any atom is 0.256 e. The van der Waals surface area contributed by atoms with Crippen LogP contribution in [0.15, 0.2) is 48.5 Å². The molecule has 2 aromatic carbocycles. The minimum Gasteiger partial charge on any atom is -0.361 e. The average Bonchev–Trinajstić information content (AvgIpc) is 3.05. The Morgan fingerprint density at radius 1 is 1.03 bits per heavy atom. The summed E-state index contributed by atoms with van der Waals surface area (Å²) in [6.45, 7) is 9.31. The summed E-state index contributed by atoms with van der Waals surface area (Å²) in [5.41, 5.74) is 3.28. The Morgan fingerprint density at radius 2 is 1.80 bits per heavy atom. The van der Waals surface area contributed by atoms with E-state index in [0.717, 1.165) is 56.0 Å². The van der Waals surface area contributed by atoms with Crippen LogP contribution in [0.2, 0.25) is 0 Å². The summed E-state index contributed by atoms with van der Waals surface area (Å²) in [5.74, 6) is 0.133. The fourth-order valence-electron chi connectivity index (χ4n) is 4.35. The van der Waals surface area contributed by atoms with E-state index in [1.165, 1.54) is 0 Å². The zero-order valence-corrected chi connectivity index (χ0v) is 17.8. The van der Waals surface area contributed by atoms with Gasteiger partial charge in [-0.05, 0) is 37.2 Å².